The molecule has 1 amide bonds. The summed E-state index contributed by atoms with van der Waals surface area (Å²) in [6, 6.07) is 13.0. The molecule has 2 aromatic rings. The fraction of sp³-hybridized carbons (Fsp3) is 0.278. The van der Waals surface area contributed by atoms with Gasteiger partial charge in [0.1, 0.15) is 0 Å². The van der Waals surface area contributed by atoms with Gasteiger partial charge in [0.2, 0.25) is 5.91 Å². The van der Waals surface area contributed by atoms with E-state index < -0.39 is 0 Å². The summed E-state index contributed by atoms with van der Waals surface area (Å²) in [5, 5.41) is 3.63. The second-order valence-corrected chi connectivity index (χ2v) is 6.55. The Morgan fingerprint density at radius 2 is 1.88 bits per heavy atom. The molecule has 0 spiro atoms. The van der Waals surface area contributed by atoms with Gasteiger partial charge in [-0.05, 0) is 36.8 Å². The van der Waals surface area contributed by atoms with Crippen LogP contribution in [0.2, 0.25) is 5.02 Å². The predicted octanol–water partition coefficient (Wildman–Crippen LogP) is 4.33. The summed E-state index contributed by atoms with van der Waals surface area (Å²) in [5.74, 6) is 1.55. The number of halogens is 1. The van der Waals surface area contributed by atoms with Gasteiger partial charge in [0.25, 0.3) is 0 Å². The molecule has 0 saturated carbocycles. The number of carbonyl (C=O) groups excluding carboxylic acids is 1. The highest BCUT2D eigenvalue weighted by atomic mass is 35.5. The molecule has 2 rings (SSSR count). The minimum atomic E-state index is -0.135. The standard InChI is InChI=1S/C18H20ClNO3S/c1-12(13-8-9-15(22-2)16(10-13)23-3)20-18(21)11-24-17-7-5-4-6-14(17)19/h4-10,12H,11H2,1-3H3,(H,20,21). The highest BCUT2D eigenvalue weighted by Crippen LogP contribution is 2.30. The molecule has 0 aliphatic carbocycles. The maximum atomic E-state index is 12.2. The Bertz CT molecular complexity index is 708. The molecule has 1 atom stereocenters. The largest absolute Gasteiger partial charge is 0.493 e. The molecule has 0 aliphatic heterocycles. The van der Waals surface area contributed by atoms with Crippen molar-refractivity contribution in [3.63, 3.8) is 0 Å². The summed E-state index contributed by atoms with van der Waals surface area (Å²) in [6.45, 7) is 1.93. The number of ether oxygens (including phenoxy) is 2. The highest BCUT2D eigenvalue weighted by Gasteiger charge is 2.13. The van der Waals surface area contributed by atoms with E-state index in [9.17, 15) is 4.79 Å². The van der Waals surface area contributed by atoms with Gasteiger partial charge in [0.15, 0.2) is 11.5 Å². The van der Waals surface area contributed by atoms with E-state index in [1.54, 1.807) is 14.2 Å². The average Bonchev–Trinajstić information content (AvgIpc) is 2.60. The van der Waals surface area contributed by atoms with Crippen molar-refractivity contribution in [2.24, 2.45) is 0 Å². The lowest BCUT2D eigenvalue weighted by molar-refractivity contribution is -0.119. The maximum Gasteiger partial charge on any atom is 0.230 e. The summed E-state index contributed by atoms with van der Waals surface area (Å²) < 4.78 is 10.5. The Balaban J connectivity index is 1.95. The lowest BCUT2D eigenvalue weighted by atomic mass is 10.1. The van der Waals surface area contributed by atoms with Crippen LogP contribution in [0.25, 0.3) is 0 Å². The molecule has 24 heavy (non-hydrogen) atoms. The quantitative estimate of drug-likeness (QED) is 0.742. The van der Waals surface area contributed by atoms with Crippen LogP contribution in [0.1, 0.15) is 18.5 Å². The number of nitrogens with one attached hydrogen (secondary N) is 1. The zero-order valence-electron chi connectivity index (χ0n) is 13.8. The van der Waals surface area contributed by atoms with E-state index >= 15 is 0 Å². The Labute approximate surface area is 151 Å². The molecule has 0 radical (unpaired) electrons. The number of thioether (sulfide) groups is 1. The summed E-state index contributed by atoms with van der Waals surface area (Å²) >= 11 is 7.51. The molecule has 0 saturated heterocycles. The van der Waals surface area contributed by atoms with Crippen LogP contribution >= 0.6 is 23.4 Å². The SMILES string of the molecule is COc1ccc(C(C)NC(=O)CSc2ccccc2Cl)cc1OC. The van der Waals surface area contributed by atoms with E-state index in [1.807, 2.05) is 49.4 Å². The number of rotatable bonds is 7. The first kappa shape index (κ1) is 18.5. The minimum absolute atomic E-state index is 0.0535. The average molecular weight is 366 g/mol. The fourth-order valence-electron chi connectivity index (χ4n) is 2.19. The number of carbonyl (C=O) groups is 1. The van der Waals surface area contributed by atoms with E-state index in [0.29, 0.717) is 22.3 Å². The summed E-state index contributed by atoms with van der Waals surface area (Å²) in [5.41, 5.74) is 0.948. The third-order valence-corrected chi connectivity index (χ3v) is 5.00. The third kappa shape index (κ3) is 4.82. The number of benzene rings is 2. The van der Waals surface area contributed by atoms with Crippen LogP contribution < -0.4 is 14.8 Å². The molecule has 2 aromatic carbocycles. The minimum Gasteiger partial charge on any atom is -0.493 e. The Kier molecular flexibility index (Phi) is 6.82. The van der Waals surface area contributed by atoms with Gasteiger partial charge < -0.3 is 14.8 Å². The third-order valence-electron chi connectivity index (χ3n) is 3.48. The number of hydrogen-bond acceptors (Lipinski definition) is 4. The molecule has 4 nitrogen and oxygen atoms in total. The number of methoxy groups -OCH3 is 2. The van der Waals surface area contributed by atoms with Crippen molar-refractivity contribution in [1.29, 1.82) is 0 Å². The lowest BCUT2D eigenvalue weighted by Crippen LogP contribution is -2.28. The second kappa shape index (κ2) is 8.85. The molecule has 128 valence electrons. The van der Waals surface area contributed by atoms with E-state index in [0.717, 1.165) is 10.5 Å². The molecule has 1 N–H and O–H groups in total. The van der Waals surface area contributed by atoms with Crippen molar-refractivity contribution in [3.8, 4) is 11.5 Å². The Hall–Kier alpha value is -1.85. The molecular weight excluding hydrogens is 346 g/mol. The molecule has 1 unspecified atom stereocenters. The molecule has 0 heterocycles. The van der Waals surface area contributed by atoms with Crippen molar-refractivity contribution in [2.45, 2.75) is 17.9 Å². The first-order valence-corrected chi connectivity index (χ1v) is 8.80. The van der Waals surface area contributed by atoms with Crippen LogP contribution in [0.4, 0.5) is 0 Å². The van der Waals surface area contributed by atoms with E-state index in [-0.39, 0.29) is 11.9 Å². The van der Waals surface area contributed by atoms with E-state index in [4.69, 9.17) is 21.1 Å². The summed E-state index contributed by atoms with van der Waals surface area (Å²) in [7, 11) is 3.18. The van der Waals surface area contributed by atoms with E-state index in [2.05, 4.69) is 5.32 Å². The van der Waals surface area contributed by atoms with Crippen molar-refractivity contribution >= 4 is 29.3 Å². The molecular formula is C18H20ClNO3S. The topological polar surface area (TPSA) is 47.6 Å². The highest BCUT2D eigenvalue weighted by molar-refractivity contribution is 8.00. The van der Waals surface area contributed by atoms with Crippen LogP contribution in [0, 0.1) is 0 Å². The zero-order chi connectivity index (χ0) is 17.5. The lowest BCUT2D eigenvalue weighted by Gasteiger charge is -2.16. The van der Waals surface area contributed by atoms with Crippen LogP contribution in [-0.2, 0) is 4.79 Å². The number of hydrogen-bond donors (Lipinski definition) is 1. The molecule has 0 bridgehead atoms. The van der Waals surface area contributed by atoms with Gasteiger partial charge in [0.05, 0.1) is 31.0 Å². The van der Waals surface area contributed by atoms with Gasteiger partial charge in [-0.15, -0.1) is 11.8 Å². The Morgan fingerprint density at radius 1 is 1.17 bits per heavy atom. The van der Waals surface area contributed by atoms with Crippen LogP contribution in [0.5, 0.6) is 11.5 Å². The fourth-order valence-corrected chi connectivity index (χ4v) is 3.24. The van der Waals surface area contributed by atoms with Crippen molar-refractivity contribution in [1.82, 2.24) is 5.32 Å². The van der Waals surface area contributed by atoms with Gasteiger partial charge >= 0.3 is 0 Å². The smallest absolute Gasteiger partial charge is 0.230 e. The van der Waals surface area contributed by atoms with Crippen LogP contribution in [-0.4, -0.2) is 25.9 Å². The Morgan fingerprint density at radius 3 is 2.54 bits per heavy atom. The molecule has 0 fully saturated rings. The molecule has 0 aliphatic rings. The van der Waals surface area contributed by atoms with Crippen molar-refractivity contribution in [3.05, 3.63) is 53.1 Å². The first-order valence-electron chi connectivity index (χ1n) is 7.43. The maximum absolute atomic E-state index is 12.2. The van der Waals surface area contributed by atoms with Crippen molar-refractivity contribution < 1.29 is 14.3 Å². The normalized spacial score (nSPS) is 11.7. The number of amides is 1. The zero-order valence-corrected chi connectivity index (χ0v) is 15.4. The van der Waals surface area contributed by atoms with Crippen molar-refractivity contribution in [2.75, 3.05) is 20.0 Å². The van der Waals surface area contributed by atoms with E-state index in [1.165, 1.54) is 11.8 Å². The monoisotopic (exact) mass is 365 g/mol. The first-order chi connectivity index (χ1) is 11.5. The summed E-state index contributed by atoms with van der Waals surface area (Å²) in [6.07, 6.45) is 0. The van der Waals surface area contributed by atoms with Crippen LogP contribution in [0.15, 0.2) is 47.4 Å². The van der Waals surface area contributed by atoms with Gasteiger partial charge in [-0.3, -0.25) is 4.79 Å². The van der Waals surface area contributed by atoms with Gasteiger partial charge in [-0.1, -0.05) is 29.8 Å². The van der Waals surface area contributed by atoms with Crippen LogP contribution in [0.3, 0.4) is 0 Å². The predicted molar refractivity (Wildman–Crippen MR) is 98.3 cm³/mol. The van der Waals surface area contributed by atoms with Gasteiger partial charge in [0, 0.05) is 4.90 Å². The van der Waals surface area contributed by atoms with Gasteiger partial charge in [-0.25, -0.2) is 0 Å². The molecule has 6 heteroatoms. The summed E-state index contributed by atoms with van der Waals surface area (Å²) in [4.78, 5) is 13.1. The molecule has 0 aromatic heterocycles. The van der Waals surface area contributed by atoms with Gasteiger partial charge in [-0.2, -0.15) is 0 Å². The second-order valence-electron chi connectivity index (χ2n) is 5.12.